The lowest BCUT2D eigenvalue weighted by atomic mass is 10.2. The van der Waals surface area contributed by atoms with Crippen LogP contribution in [0.25, 0.3) is 0 Å². The Hall–Kier alpha value is -2.68. The number of aliphatic imine (C=N–C) groups is 1. The number of carbonyl (C=O) groups is 1. The molecule has 0 aliphatic carbocycles. The molecule has 8 heteroatoms. The molecule has 1 amide bonds. The number of methoxy groups -OCH3 is 1. The van der Waals surface area contributed by atoms with Crippen molar-refractivity contribution in [3.05, 3.63) is 86.7 Å². The van der Waals surface area contributed by atoms with Crippen molar-refractivity contribution < 1.29 is 9.53 Å². The Labute approximate surface area is 209 Å². The highest BCUT2D eigenvalue weighted by molar-refractivity contribution is 9.10. The maximum absolute atomic E-state index is 13.8. The largest absolute Gasteiger partial charge is 0.497 e. The van der Waals surface area contributed by atoms with Gasteiger partial charge in [-0.05, 0) is 72.8 Å². The van der Waals surface area contributed by atoms with Crippen LogP contribution in [0.15, 0.2) is 91.0 Å². The molecule has 0 aromatic heterocycles. The van der Waals surface area contributed by atoms with Crippen LogP contribution in [-0.2, 0) is 4.79 Å². The molecule has 1 saturated heterocycles. The lowest BCUT2D eigenvalue weighted by Crippen LogP contribution is -2.29. The number of amidine groups is 1. The number of ether oxygens (including phenoxy) is 1. The average molecular weight is 538 g/mol. The van der Waals surface area contributed by atoms with Crippen LogP contribution >= 0.6 is 39.5 Å². The Morgan fingerprint density at radius 1 is 1.00 bits per heavy atom. The van der Waals surface area contributed by atoms with Crippen molar-refractivity contribution in [1.82, 2.24) is 0 Å². The number of hydrogen-bond acceptors (Lipinski definition) is 6. The van der Waals surface area contributed by atoms with Crippen LogP contribution in [0.5, 0.6) is 5.75 Å². The molecule has 0 atom stereocenters. The van der Waals surface area contributed by atoms with Gasteiger partial charge < -0.3 is 9.64 Å². The number of benzene rings is 3. The molecule has 0 unspecified atom stereocenters. The fourth-order valence-corrected chi connectivity index (χ4v) is 6.24. The monoisotopic (exact) mass is 537 g/mol. The van der Waals surface area contributed by atoms with Crippen molar-refractivity contribution in [3.8, 4) is 5.75 Å². The second kappa shape index (κ2) is 8.93. The first kappa shape index (κ1) is 22.1. The van der Waals surface area contributed by atoms with E-state index in [1.165, 1.54) is 11.8 Å². The number of anilines is 2. The molecule has 5 rings (SSSR count). The molecule has 3 aromatic carbocycles. The summed E-state index contributed by atoms with van der Waals surface area (Å²) >= 11 is 6.47. The molecule has 0 bridgehead atoms. The molecule has 2 aliphatic rings. The normalized spacial score (nSPS) is 18.9. The van der Waals surface area contributed by atoms with E-state index in [2.05, 4.69) is 20.8 Å². The van der Waals surface area contributed by atoms with Gasteiger partial charge in [0.25, 0.3) is 5.91 Å². The molecule has 0 saturated carbocycles. The van der Waals surface area contributed by atoms with Gasteiger partial charge in [-0.1, -0.05) is 39.8 Å². The molecule has 2 heterocycles. The first-order valence-corrected chi connectivity index (χ1v) is 12.6. The lowest BCUT2D eigenvalue weighted by molar-refractivity contribution is -0.113. The minimum atomic E-state index is -0.0735. The topological polar surface area (TPSA) is 45.1 Å². The van der Waals surface area contributed by atoms with Crippen LogP contribution < -0.4 is 14.5 Å². The van der Waals surface area contributed by atoms with Crippen molar-refractivity contribution in [2.45, 2.75) is 11.8 Å². The van der Waals surface area contributed by atoms with Gasteiger partial charge in [0.1, 0.15) is 10.7 Å². The standard InChI is InChI=1S/C25H20BrN3O2S2/c1-15-5-4-6-18(13-15)29-23(30)22(33-25(29)27-17-9-7-16(26)8-10-17)24-28(2)20-14-19(31-3)11-12-21(20)32-24/h4-14H,1-3H3. The quantitative estimate of drug-likeness (QED) is 0.338. The third-order valence-corrected chi connectivity index (χ3v) is 8.25. The Morgan fingerprint density at radius 2 is 1.79 bits per heavy atom. The maximum Gasteiger partial charge on any atom is 0.274 e. The summed E-state index contributed by atoms with van der Waals surface area (Å²) in [4.78, 5) is 24.1. The second-order valence-electron chi connectivity index (χ2n) is 7.58. The van der Waals surface area contributed by atoms with Gasteiger partial charge in [0.05, 0.1) is 29.2 Å². The van der Waals surface area contributed by atoms with E-state index >= 15 is 0 Å². The van der Waals surface area contributed by atoms with E-state index in [0.717, 1.165) is 42.8 Å². The highest BCUT2D eigenvalue weighted by Gasteiger charge is 2.40. The first-order valence-electron chi connectivity index (χ1n) is 10.2. The summed E-state index contributed by atoms with van der Waals surface area (Å²) in [5, 5.41) is 1.53. The number of rotatable bonds is 3. The van der Waals surface area contributed by atoms with Crippen LogP contribution in [-0.4, -0.2) is 25.2 Å². The van der Waals surface area contributed by atoms with Crippen molar-refractivity contribution >= 4 is 67.6 Å². The third kappa shape index (κ3) is 4.18. The Kier molecular flexibility index (Phi) is 5.99. The number of amides is 1. The minimum absolute atomic E-state index is 0.0735. The van der Waals surface area contributed by atoms with E-state index in [9.17, 15) is 4.79 Å². The van der Waals surface area contributed by atoms with Crippen LogP contribution in [0, 0.1) is 6.92 Å². The van der Waals surface area contributed by atoms with Crippen LogP contribution in [0.4, 0.5) is 17.1 Å². The number of nitrogens with zero attached hydrogens (tertiary/aromatic N) is 3. The van der Waals surface area contributed by atoms with E-state index in [4.69, 9.17) is 9.73 Å². The van der Waals surface area contributed by atoms with Gasteiger partial charge in [0.15, 0.2) is 5.17 Å². The fourth-order valence-electron chi connectivity index (χ4n) is 3.65. The van der Waals surface area contributed by atoms with E-state index in [1.807, 2.05) is 80.7 Å². The zero-order valence-corrected chi connectivity index (χ0v) is 21.4. The van der Waals surface area contributed by atoms with Crippen molar-refractivity contribution in [3.63, 3.8) is 0 Å². The van der Waals surface area contributed by atoms with Crippen LogP contribution in [0.1, 0.15) is 5.56 Å². The number of aryl methyl sites for hydroxylation is 1. The third-order valence-electron chi connectivity index (χ3n) is 5.33. The first-order chi connectivity index (χ1) is 15.9. The molecule has 2 aliphatic heterocycles. The summed E-state index contributed by atoms with van der Waals surface area (Å²) in [7, 11) is 3.64. The Morgan fingerprint density at radius 3 is 2.52 bits per heavy atom. The number of carbonyl (C=O) groups excluding carboxylic acids is 1. The zero-order valence-electron chi connectivity index (χ0n) is 18.2. The van der Waals surface area contributed by atoms with Crippen molar-refractivity contribution in [1.29, 1.82) is 0 Å². The Balaban J connectivity index is 1.60. The molecule has 33 heavy (non-hydrogen) atoms. The van der Waals surface area contributed by atoms with Gasteiger partial charge in [-0.15, -0.1) is 0 Å². The van der Waals surface area contributed by atoms with Gasteiger partial charge >= 0.3 is 0 Å². The number of hydrogen-bond donors (Lipinski definition) is 0. The molecular formula is C25H20BrN3O2S2. The molecule has 5 nitrogen and oxygen atoms in total. The zero-order chi connectivity index (χ0) is 23.1. The van der Waals surface area contributed by atoms with Crippen molar-refractivity contribution in [2.24, 2.45) is 4.99 Å². The second-order valence-corrected chi connectivity index (χ2v) is 10.5. The molecule has 166 valence electrons. The maximum atomic E-state index is 13.8. The smallest absolute Gasteiger partial charge is 0.274 e. The number of thioether (sulfide) groups is 2. The van der Waals surface area contributed by atoms with Crippen LogP contribution in [0.2, 0.25) is 0 Å². The molecule has 1 fully saturated rings. The fraction of sp³-hybridized carbons (Fsp3) is 0.120. The predicted octanol–water partition coefficient (Wildman–Crippen LogP) is 6.94. The number of halogens is 1. The summed E-state index contributed by atoms with van der Waals surface area (Å²) in [6.45, 7) is 2.02. The van der Waals surface area contributed by atoms with Crippen molar-refractivity contribution in [2.75, 3.05) is 24.0 Å². The highest BCUT2D eigenvalue weighted by Crippen LogP contribution is 2.51. The molecule has 0 radical (unpaired) electrons. The van der Waals surface area contributed by atoms with Gasteiger partial charge in [0.2, 0.25) is 0 Å². The predicted molar refractivity (Wildman–Crippen MR) is 142 cm³/mol. The molecule has 3 aromatic rings. The average Bonchev–Trinajstić information content (AvgIpc) is 3.31. The van der Waals surface area contributed by atoms with E-state index in [0.29, 0.717) is 10.1 Å². The summed E-state index contributed by atoms with van der Waals surface area (Å²) in [6.07, 6.45) is 0. The highest BCUT2D eigenvalue weighted by atomic mass is 79.9. The van der Waals surface area contributed by atoms with Gasteiger partial charge in [0, 0.05) is 22.5 Å². The summed E-state index contributed by atoms with van der Waals surface area (Å²) in [5.74, 6) is 0.715. The summed E-state index contributed by atoms with van der Waals surface area (Å²) in [6, 6.07) is 21.7. The van der Waals surface area contributed by atoms with Gasteiger partial charge in [-0.25, -0.2) is 4.99 Å². The summed E-state index contributed by atoms with van der Waals surface area (Å²) in [5.41, 5.74) is 3.71. The van der Waals surface area contributed by atoms with E-state index < -0.39 is 0 Å². The molecule has 0 N–H and O–H groups in total. The molecule has 0 spiro atoms. The van der Waals surface area contributed by atoms with E-state index in [-0.39, 0.29) is 5.91 Å². The number of fused-ring (bicyclic) bond motifs is 1. The van der Waals surface area contributed by atoms with Crippen LogP contribution in [0.3, 0.4) is 0 Å². The lowest BCUT2D eigenvalue weighted by Gasteiger charge is -2.17. The van der Waals surface area contributed by atoms with Gasteiger partial charge in [-0.3, -0.25) is 9.69 Å². The van der Waals surface area contributed by atoms with Gasteiger partial charge in [-0.2, -0.15) is 0 Å². The summed E-state index contributed by atoms with van der Waals surface area (Å²) < 4.78 is 6.38. The SMILES string of the molecule is COc1ccc2c(c1)N(C)C(=C1SC(=Nc3ccc(Br)cc3)N(c3cccc(C)c3)C1=O)S2. The Bertz CT molecular complexity index is 1320. The molecular weight excluding hydrogens is 518 g/mol. The minimum Gasteiger partial charge on any atom is -0.497 e. The van der Waals surface area contributed by atoms with E-state index in [1.54, 1.807) is 23.8 Å².